The molecule has 76 valence electrons. The molecule has 13 heavy (non-hydrogen) atoms. The van der Waals surface area contributed by atoms with Crippen molar-refractivity contribution < 1.29 is 0 Å². The minimum atomic E-state index is 0.149. The number of allylic oxidation sites excluding steroid dienone is 2. The van der Waals surface area contributed by atoms with E-state index in [4.69, 9.17) is 0 Å². The molecule has 0 amide bonds. The van der Waals surface area contributed by atoms with E-state index < -0.39 is 0 Å². The fourth-order valence-corrected chi connectivity index (χ4v) is 4.95. The summed E-state index contributed by atoms with van der Waals surface area (Å²) >= 11 is 0. The van der Waals surface area contributed by atoms with Gasteiger partial charge in [0.25, 0.3) is 0 Å². The summed E-state index contributed by atoms with van der Waals surface area (Å²) in [7, 11) is 0.149. The summed E-state index contributed by atoms with van der Waals surface area (Å²) in [6, 6.07) is 0. The van der Waals surface area contributed by atoms with Crippen LogP contribution in [-0.4, -0.2) is 17.0 Å². The zero-order valence-electron chi connectivity index (χ0n) is 9.94. The van der Waals surface area contributed by atoms with E-state index in [0.29, 0.717) is 10.3 Å². The van der Waals surface area contributed by atoms with Gasteiger partial charge in [0, 0.05) is 0 Å². The molecule has 0 nitrogen and oxygen atoms in total. The maximum absolute atomic E-state index is 2.47. The first-order valence-corrected chi connectivity index (χ1v) is 6.96. The van der Waals surface area contributed by atoms with Gasteiger partial charge in [-0.15, -0.1) is 0 Å². The molecule has 1 rings (SSSR count). The molecule has 0 radical (unpaired) electrons. The first-order chi connectivity index (χ1) is 5.79. The van der Waals surface area contributed by atoms with Crippen LogP contribution in [-0.2, 0) is 0 Å². The van der Waals surface area contributed by atoms with Gasteiger partial charge in [-0.2, -0.15) is 0 Å². The maximum Gasteiger partial charge on any atom is -0.0111 e. The van der Waals surface area contributed by atoms with Crippen molar-refractivity contribution >= 4 is 7.92 Å². The SMILES string of the molecule is CC=C1CC(C)(C)P(C)C(C)(C)C1. The molecule has 0 spiro atoms. The van der Waals surface area contributed by atoms with E-state index in [9.17, 15) is 0 Å². The molecular weight excluding hydrogens is 175 g/mol. The number of hydrogen-bond donors (Lipinski definition) is 0. The van der Waals surface area contributed by atoms with Gasteiger partial charge in [0.15, 0.2) is 0 Å². The molecule has 0 bridgehead atoms. The van der Waals surface area contributed by atoms with Crippen LogP contribution in [0.5, 0.6) is 0 Å². The van der Waals surface area contributed by atoms with Crippen LogP contribution in [0.2, 0.25) is 0 Å². The Kier molecular flexibility index (Phi) is 2.93. The molecule has 0 aromatic carbocycles. The van der Waals surface area contributed by atoms with E-state index in [1.165, 1.54) is 12.8 Å². The van der Waals surface area contributed by atoms with Gasteiger partial charge in [-0.3, -0.25) is 0 Å². The third-order valence-electron chi connectivity index (χ3n) is 3.54. The number of hydrogen-bond acceptors (Lipinski definition) is 0. The Balaban J connectivity index is 2.95. The average molecular weight is 198 g/mol. The summed E-state index contributed by atoms with van der Waals surface area (Å²) in [6.45, 7) is 14.4. The maximum atomic E-state index is 2.47. The van der Waals surface area contributed by atoms with Gasteiger partial charge in [0.2, 0.25) is 0 Å². The quantitative estimate of drug-likeness (QED) is 0.400. The molecule has 0 aliphatic carbocycles. The van der Waals surface area contributed by atoms with Crippen LogP contribution in [0, 0.1) is 0 Å². The van der Waals surface area contributed by atoms with Crippen molar-refractivity contribution in [1.82, 2.24) is 0 Å². The molecule has 0 unspecified atom stereocenters. The van der Waals surface area contributed by atoms with Gasteiger partial charge in [0.05, 0.1) is 0 Å². The van der Waals surface area contributed by atoms with E-state index in [1.807, 2.05) is 0 Å². The topological polar surface area (TPSA) is 0 Å². The standard InChI is InChI=1S/C12H23P/c1-7-10-8-11(2,3)13(6)12(4,5)9-10/h7H,8-9H2,1-6H3. The van der Waals surface area contributed by atoms with Crippen molar-refractivity contribution in [3.63, 3.8) is 0 Å². The molecule has 1 heterocycles. The van der Waals surface area contributed by atoms with Crippen LogP contribution in [0.1, 0.15) is 47.5 Å². The predicted molar refractivity (Wildman–Crippen MR) is 64.0 cm³/mol. The monoisotopic (exact) mass is 198 g/mol. The summed E-state index contributed by atoms with van der Waals surface area (Å²) in [5.74, 6) is 0. The lowest BCUT2D eigenvalue weighted by Crippen LogP contribution is -2.35. The lowest BCUT2D eigenvalue weighted by molar-refractivity contribution is 0.553. The average Bonchev–Trinajstić information content (AvgIpc) is 1.99. The Bertz CT molecular complexity index is 203. The molecule has 1 saturated heterocycles. The Morgan fingerprint density at radius 2 is 1.46 bits per heavy atom. The molecule has 0 aromatic heterocycles. The van der Waals surface area contributed by atoms with Gasteiger partial charge in [0.1, 0.15) is 0 Å². The van der Waals surface area contributed by atoms with Crippen LogP contribution in [0.4, 0.5) is 0 Å². The predicted octanol–water partition coefficient (Wildman–Crippen LogP) is 4.40. The fraction of sp³-hybridized carbons (Fsp3) is 0.833. The summed E-state index contributed by atoms with van der Waals surface area (Å²) in [5, 5.41) is 1.08. The van der Waals surface area contributed by atoms with Crippen LogP contribution in [0.3, 0.4) is 0 Å². The second-order valence-corrected chi connectivity index (χ2v) is 9.02. The van der Waals surface area contributed by atoms with Crippen molar-refractivity contribution in [1.29, 1.82) is 0 Å². The Labute approximate surface area is 84.6 Å². The van der Waals surface area contributed by atoms with Crippen LogP contribution in [0.25, 0.3) is 0 Å². The lowest BCUT2D eigenvalue weighted by atomic mass is 9.92. The van der Waals surface area contributed by atoms with Crippen molar-refractivity contribution in [2.75, 3.05) is 6.66 Å². The molecule has 1 heteroatoms. The highest BCUT2D eigenvalue weighted by molar-refractivity contribution is 7.60. The summed E-state index contributed by atoms with van der Waals surface area (Å²) in [4.78, 5) is 0. The van der Waals surface area contributed by atoms with Gasteiger partial charge >= 0.3 is 0 Å². The summed E-state index contributed by atoms with van der Waals surface area (Å²) in [6.07, 6.45) is 4.95. The molecule has 0 saturated carbocycles. The zero-order valence-corrected chi connectivity index (χ0v) is 10.8. The third-order valence-corrected chi connectivity index (χ3v) is 7.49. The van der Waals surface area contributed by atoms with E-state index in [1.54, 1.807) is 5.57 Å². The summed E-state index contributed by atoms with van der Waals surface area (Å²) < 4.78 is 0. The Morgan fingerprint density at radius 1 is 1.08 bits per heavy atom. The largest absolute Gasteiger partial charge is 0.0976 e. The van der Waals surface area contributed by atoms with Crippen molar-refractivity contribution in [2.45, 2.75) is 57.8 Å². The normalized spacial score (nSPS) is 31.5. The lowest BCUT2D eigenvalue weighted by Gasteiger charge is -2.49. The highest BCUT2D eigenvalue weighted by Crippen LogP contribution is 2.64. The Hall–Kier alpha value is 0.170. The second kappa shape index (κ2) is 3.39. The minimum absolute atomic E-state index is 0.149. The molecule has 0 atom stereocenters. The molecule has 0 N–H and O–H groups in total. The third kappa shape index (κ3) is 2.15. The first-order valence-electron chi connectivity index (χ1n) is 5.17. The Morgan fingerprint density at radius 3 is 1.77 bits per heavy atom. The zero-order chi connectivity index (χ0) is 10.3. The van der Waals surface area contributed by atoms with Crippen molar-refractivity contribution in [3.05, 3.63) is 11.6 Å². The van der Waals surface area contributed by atoms with Gasteiger partial charge in [-0.05, 0) is 36.7 Å². The summed E-state index contributed by atoms with van der Waals surface area (Å²) in [5.41, 5.74) is 1.66. The van der Waals surface area contributed by atoms with Gasteiger partial charge in [-0.25, -0.2) is 0 Å². The van der Waals surface area contributed by atoms with E-state index in [2.05, 4.69) is 47.4 Å². The van der Waals surface area contributed by atoms with E-state index in [0.717, 1.165) is 0 Å². The first kappa shape index (κ1) is 11.2. The molecule has 1 fully saturated rings. The highest BCUT2D eigenvalue weighted by Gasteiger charge is 2.41. The smallest absolute Gasteiger partial charge is 0.0111 e. The van der Waals surface area contributed by atoms with E-state index >= 15 is 0 Å². The van der Waals surface area contributed by atoms with Crippen molar-refractivity contribution in [3.8, 4) is 0 Å². The van der Waals surface area contributed by atoms with Gasteiger partial charge in [-0.1, -0.05) is 47.3 Å². The van der Waals surface area contributed by atoms with Gasteiger partial charge < -0.3 is 0 Å². The number of rotatable bonds is 0. The highest BCUT2D eigenvalue weighted by atomic mass is 31.1. The molecule has 0 aromatic rings. The fourth-order valence-electron chi connectivity index (χ4n) is 2.43. The van der Waals surface area contributed by atoms with E-state index in [-0.39, 0.29) is 7.92 Å². The van der Waals surface area contributed by atoms with Crippen LogP contribution < -0.4 is 0 Å². The van der Waals surface area contributed by atoms with Crippen LogP contribution in [0.15, 0.2) is 11.6 Å². The second-order valence-electron chi connectivity index (χ2n) is 5.48. The minimum Gasteiger partial charge on any atom is -0.0976 e. The molecule has 1 aliphatic heterocycles. The molecule has 1 aliphatic rings. The van der Waals surface area contributed by atoms with Crippen LogP contribution >= 0.6 is 7.92 Å². The van der Waals surface area contributed by atoms with Crippen molar-refractivity contribution in [2.24, 2.45) is 0 Å². The molecular formula is C12H23P.